The van der Waals surface area contributed by atoms with E-state index in [0.717, 1.165) is 26.2 Å². The number of piperazine rings is 1. The Balaban J connectivity index is 2.18. The molecule has 1 saturated heterocycles. The monoisotopic (exact) mass is 261 g/mol. The lowest BCUT2D eigenvalue weighted by atomic mass is 10.0. The van der Waals surface area contributed by atoms with Crippen LogP contribution >= 0.6 is 0 Å². The molecule has 0 aliphatic carbocycles. The molecule has 1 heterocycles. The van der Waals surface area contributed by atoms with Crippen molar-refractivity contribution in [3.8, 4) is 0 Å². The molecule has 1 aromatic carbocycles. The van der Waals surface area contributed by atoms with Crippen LogP contribution in [-0.4, -0.2) is 51.2 Å². The van der Waals surface area contributed by atoms with E-state index in [0.29, 0.717) is 6.04 Å². The van der Waals surface area contributed by atoms with Crippen molar-refractivity contribution in [1.29, 1.82) is 0 Å². The van der Waals surface area contributed by atoms with Crippen LogP contribution in [0, 0.1) is 13.8 Å². The molecule has 0 saturated carbocycles. The van der Waals surface area contributed by atoms with Gasteiger partial charge >= 0.3 is 0 Å². The van der Waals surface area contributed by atoms with Gasteiger partial charge in [-0.3, -0.25) is 0 Å². The number of nitrogens with one attached hydrogen (secondary N) is 1. The maximum atomic E-state index is 3.28. The highest BCUT2D eigenvalue weighted by molar-refractivity contribution is 5.52. The summed E-state index contributed by atoms with van der Waals surface area (Å²) in [6.07, 6.45) is 1.20. The Hall–Kier alpha value is -1.06. The summed E-state index contributed by atoms with van der Waals surface area (Å²) in [7, 11) is 4.26. The van der Waals surface area contributed by atoms with Crippen molar-refractivity contribution >= 4 is 5.69 Å². The van der Waals surface area contributed by atoms with E-state index in [1.54, 1.807) is 0 Å². The van der Waals surface area contributed by atoms with E-state index in [-0.39, 0.29) is 0 Å². The first-order valence-electron chi connectivity index (χ1n) is 7.28. The summed E-state index contributed by atoms with van der Waals surface area (Å²) in [5.74, 6) is 0. The highest BCUT2D eigenvalue weighted by Gasteiger charge is 2.25. The summed E-state index contributed by atoms with van der Waals surface area (Å²) < 4.78 is 0. The lowest BCUT2D eigenvalue weighted by Crippen LogP contribution is -2.52. The van der Waals surface area contributed by atoms with Crippen LogP contribution in [0.5, 0.6) is 0 Å². The minimum absolute atomic E-state index is 0.618. The summed E-state index contributed by atoms with van der Waals surface area (Å²) in [4.78, 5) is 5.04. The van der Waals surface area contributed by atoms with Gasteiger partial charge < -0.3 is 15.1 Å². The summed E-state index contributed by atoms with van der Waals surface area (Å²) in [5.41, 5.74) is 4.12. The van der Waals surface area contributed by atoms with E-state index in [9.17, 15) is 0 Å². The fraction of sp³-hybridized carbons (Fsp3) is 0.625. The molecule has 1 N–H and O–H groups in total. The normalized spacial score (nSPS) is 20.8. The molecule has 3 nitrogen and oxygen atoms in total. The third-order valence-electron chi connectivity index (χ3n) is 3.95. The first kappa shape index (κ1) is 14.4. The molecule has 19 heavy (non-hydrogen) atoms. The Kier molecular flexibility index (Phi) is 4.83. The van der Waals surface area contributed by atoms with E-state index in [4.69, 9.17) is 0 Å². The molecule has 106 valence electrons. The fourth-order valence-electron chi connectivity index (χ4n) is 3.03. The van der Waals surface area contributed by atoms with E-state index in [1.807, 2.05) is 7.05 Å². The smallest absolute Gasteiger partial charge is 0.0429 e. The average Bonchev–Trinajstić information content (AvgIpc) is 2.35. The van der Waals surface area contributed by atoms with Crippen LogP contribution in [0.4, 0.5) is 5.69 Å². The topological polar surface area (TPSA) is 18.5 Å². The maximum Gasteiger partial charge on any atom is 0.0429 e. The minimum Gasteiger partial charge on any atom is -0.366 e. The van der Waals surface area contributed by atoms with Crippen LogP contribution in [0.3, 0.4) is 0 Å². The van der Waals surface area contributed by atoms with E-state index in [2.05, 4.69) is 54.2 Å². The van der Waals surface area contributed by atoms with E-state index < -0.39 is 0 Å². The van der Waals surface area contributed by atoms with Crippen molar-refractivity contribution in [2.24, 2.45) is 0 Å². The number of anilines is 1. The van der Waals surface area contributed by atoms with Crippen molar-refractivity contribution in [2.45, 2.75) is 26.3 Å². The molecular formula is C16H27N3. The second-order valence-electron chi connectivity index (χ2n) is 5.85. The molecule has 2 rings (SSSR count). The highest BCUT2D eigenvalue weighted by Crippen LogP contribution is 2.24. The Morgan fingerprint density at radius 1 is 1.16 bits per heavy atom. The van der Waals surface area contributed by atoms with Gasteiger partial charge in [0.25, 0.3) is 0 Å². The van der Waals surface area contributed by atoms with Gasteiger partial charge in [0.15, 0.2) is 0 Å². The van der Waals surface area contributed by atoms with Crippen molar-refractivity contribution in [1.82, 2.24) is 10.2 Å². The van der Waals surface area contributed by atoms with Crippen molar-refractivity contribution in [3.05, 3.63) is 29.3 Å². The first-order chi connectivity index (χ1) is 9.10. The van der Waals surface area contributed by atoms with Crippen molar-refractivity contribution < 1.29 is 0 Å². The zero-order valence-electron chi connectivity index (χ0n) is 12.7. The van der Waals surface area contributed by atoms with Crippen LogP contribution in [0.1, 0.15) is 17.5 Å². The highest BCUT2D eigenvalue weighted by atomic mass is 15.3. The number of aryl methyl sites for hydroxylation is 2. The summed E-state index contributed by atoms with van der Waals surface area (Å²) in [5, 5.41) is 3.28. The number of nitrogens with zero attached hydrogens (tertiary/aromatic N) is 2. The van der Waals surface area contributed by atoms with Gasteiger partial charge in [0, 0.05) is 31.4 Å². The molecule has 1 fully saturated rings. The van der Waals surface area contributed by atoms with Gasteiger partial charge in [-0.25, -0.2) is 0 Å². The Morgan fingerprint density at radius 3 is 2.47 bits per heavy atom. The third kappa shape index (κ3) is 3.71. The molecule has 1 aliphatic rings. The molecule has 0 radical (unpaired) electrons. The quantitative estimate of drug-likeness (QED) is 0.895. The van der Waals surface area contributed by atoms with Gasteiger partial charge in [-0.1, -0.05) is 6.07 Å². The summed E-state index contributed by atoms with van der Waals surface area (Å²) in [6, 6.07) is 7.52. The molecule has 0 bridgehead atoms. The number of hydrogen-bond acceptors (Lipinski definition) is 3. The summed E-state index contributed by atoms with van der Waals surface area (Å²) >= 11 is 0. The molecule has 1 unspecified atom stereocenters. The predicted octanol–water partition coefficient (Wildman–Crippen LogP) is 2.03. The van der Waals surface area contributed by atoms with Gasteiger partial charge in [-0.15, -0.1) is 0 Å². The number of rotatable bonds is 4. The van der Waals surface area contributed by atoms with Crippen LogP contribution in [0.2, 0.25) is 0 Å². The molecule has 1 atom stereocenters. The number of hydrogen-bond donors (Lipinski definition) is 1. The fourth-order valence-corrected chi connectivity index (χ4v) is 3.03. The largest absolute Gasteiger partial charge is 0.366 e. The molecule has 1 aromatic rings. The standard InChI is InChI=1S/C16H27N3/c1-13-9-14(2)11-16(10-13)19-8-7-18(4)12-15(19)5-6-17-3/h9-11,15,17H,5-8,12H2,1-4H3. The van der Waals surface area contributed by atoms with Gasteiger partial charge in [0.1, 0.15) is 0 Å². The van der Waals surface area contributed by atoms with Crippen molar-refractivity contribution in [2.75, 3.05) is 45.2 Å². The van der Waals surface area contributed by atoms with Crippen LogP contribution in [0.15, 0.2) is 18.2 Å². The number of benzene rings is 1. The average molecular weight is 261 g/mol. The lowest BCUT2D eigenvalue weighted by Gasteiger charge is -2.42. The second-order valence-corrected chi connectivity index (χ2v) is 5.85. The van der Waals surface area contributed by atoms with Crippen LogP contribution < -0.4 is 10.2 Å². The Morgan fingerprint density at radius 2 is 1.84 bits per heavy atom. The van der Waals surface area contributed by atoms with Gasteiger partial charge in [-0.2, -0.15) is 0 Å². The molecule has 0 spiro atoms. The van der Waals surface area contributed by atoms with E-state index >= 15 is 0 Å². The first-order valence-corrected chi connectivity index (χ1v) is 7.28. The van der Waals surface area contributed by atoms with Crippen LogP contribution in [-0.2, 0) is 0 Å². The van der Waals surface area contributed by atoms with Crippen LogP contribution in [0.25, 0.3) is 0 Å². The molecule has 1 aliphatic heterocycles. The molecule has 0 aromatic heterocycles. The number of likely N-dealkylation sites (N-methyl/N-ethyl adjacent to an activating group) is 1. The molecule has 3 heteroatoms. The second kappa shape index (κ2) is 6.40. The third-order valence-corrected chi connectivity index (χ3v) is 3.95. The summed E-state index contributed by atoms with van der Waals surface area (Å²) in [6.45, 7) is 8.91. The minimum atomic E-state index is 0.618. The predicted molar refractivity (Wildman–Crippen MR) is 83.1 cm³/mol. The molecular weight excluding hydrogens is 234 g/mol. The molecule has 0 amide bonds. The van der Waals surface area contributed by atoms with Gasteiger partial charge in [-0.05, 0) is 64.2 Å². The van der Waals surface area contributed by atoms with Gasteiger partial charge in [0.2, 0.25) is 0 Å². The zero-order chi connectivity index (χ0) is 13.8. The maximum absolute atomic E-state index is 3.28. The van der Waals surface area contributed by atoms with Gasteiger partial charge in [0.05, 0.1) is 0 Å². The Labute approximate surface area is 117 Å². The Bertz CT molecular complexity index is 396. The van der Waals surface area contributed by atoms with E-state index in [1.165, 1.54) is 23.2 Å². The SMILES string of the molecule is CNCCC1CN(C)CCN1c1cc(C)cc(C)c1. The lowest BCUT2D eigenvalue weighted by molar-refractivity contribution is 0.260. The zero-order valence-corrected chi connectivity index (χ0v) is 12.7. The van der Waals surface area contributed by atoms with Crippen molar-refractivity contribution in [3.63, 3.8) is 0 Å².